The van der Waals surface area contributed by atoms with Crippen LogP contribution in [0.25, 0.3) is 0 Å². The zero-order valence-electron chi connectivity index (χ0n) is 6.58. The molecule has 1 aromatic heterocycles. The second-order valence-electron chi connectivity index (χ2n) is 2.28. The lowest BCUT2D eigenvalue weighted by atomic mass is 10.4. The van der Waals surface area contributed by atoms with E-state index in [0.717, 1.165) is 0 Å². The zero-order valence-corrected chi connectivity index (χ0v) is 8.17. The molecule has 3 nitrogen and oxygen atoms in total. The molecular formula is C8H8BrNO2. The molecule has 0 saturated heterocycles. The molecule has 0 amide bonds. The molecule has 0 aliphatic carbocycles. The van der Waals surface area contributed by atoms with Crippen molar-refractivity contribution < 1.29 is 9.53 Å². The van der Waals surface area contributed by atoms with Crippen molar-refractivity contribution >= 4 is 21.7 Å². The van der Waals surface area contributed by atoms with E-state index < -0.39 is 0 Å². The first-order chi connectivity index (χ1) is 5.70. The maximum absolute atomic E-state index is 10.6. The van der Waals surface area contributed by atoms with Crippen molar-refractivity contribution in [2.45, 2.75) is 6.92 Å². The molecule has 0 N–H and O–H groups in total. The van der Waals surface area contributed by atoms with Crippen LogP contribution in [0.4, 0.5) is 0 Å². The standard InChI is InChI=1S/C8H8BrNO2/c1-6(11)5-12-7-3-2-4-10-8(7)9/h2-4H,5H2,1H3. The molecule has 0 aliphatic heterocycles. The van der Waals surface area contributed by atoms with Crippen LogP contribution in [0.5, 0.6) is 5.75 Å². The predicted molar refractivity (Wildman–Crippen MR) is 48.1 cm³/mol. The van der Waals surface area contributed by atoms with Crippen LogP contribution >= 0.6 is 15.9 Å². The van der Waals surface area contributed by atoms with Gasteiger partial charge in [0.1, 0.15) is 11.2 Å². The van der Waals surface area contributed by atoms with Crippen molar-refractivity contribution in [2.24, 2.45) is 0 Å². The number of hydrogen-bond acceptors (Lipinski definition) is 3. The summed E-state index contributed by atoms with van der Waals surface area (Å²) in [5.74, 6) is 0.582. The van der Waals surface area contributed by atoms with Gasteiger partial charge in [-0.15, -0.1) is 0 Å². The molecule has 0 spiro atoms. The Morgan fingerprint density at radius 3 is 3.08 bits per heavy atom. The lowest BCUT2D eigenvalue weighted by Gasteiger charge is -2.03. The fraction of sp³-hybridized carbons (Fsp3) is 0.250. The van der Waals surface area contributed by atoms with Crippen LogP contribution in [0.3, 0.4) is 0 Å². The summed E-state index contributed by atoms with van der Waals surface area (Å²) in [6, 6.07) is 3.50. The maximum Gasteiger partial charge on any atom is 0.167 e. The summed E-state index contributed by atoms with van der Waals surface area (Å²) in [6.07, 6.45) is 1.64. The molecule has 0 aliphatic rings. The van der Waals surface area contributed by atoms with Crippen molar-refractivity contribution in [3.8, 4) is 5.75 Å². The lowest BCUT2D eigenvalue weighted by Crippen LogP contribution is -2.06. The number of rotatable bonds is 3. The minimum absolute atomic E-state index is 0.00856. The van der Waals surface area contributed by atoms with Gasteiger partial charge in [0.25, 0.3) is 0 Å². The number of hydrogen-bond donors (Lipinski definition) is 0. The average Bonchev–Trinajstić information content (AvgIpc) is 2.03. The summed E-state index contributed by atoms with van der Waals surface area (Å²) in [5, 5.41) is 0. The van der Waals surface area contributed by atoms with E-state index in [0.29, 0.717) is 10.4 Å². The van der Waals surface area contributed by atoms with E-state index in [-0.39, 0.29) is 12.4 Å². The molecule has 64 valence electrons. The Hall–Kier alpha value is -0.900. The number of Topliss-reactive ketones (excluding diaryl/α,β-unsaturated/α-hetero) is 1. The third kappa shape index (κ3) is 2.62. The van der Waals surface area contributed by atoms with E-state index >= 15 is 0 Å². The van der Waals surface area contributed by atoms with Crippen molar-refractivity contribution in [3.63, 3.8) is 0 Å². The quantitative estimate of drug-likeness (QED) is 0.743. The van der Waals surface area contributed by atoms with Crippen LogP contribution in [0.1, 0.15) is 6.92 Å². The van der Waals surface area contributed by atoms with Gasteiger partial charge in [-0.1, -0.05) is 0 Å². The summed E-state index contributed by atoms with van der Waals surface area (Å²) in [7, 11) is 0. The van der Waals surface area contributed by atoms with Gasteiger partial charge in [-0.3, -0.25) is 4.79 Å². The van der Waals surface area contributed by atoms with Gasteiger partial charge >= 0.3 is 0 Å². The number of ketones is 1. The average molecular weight is 230 g/mol. The molecule has 1 heterocycles. The number of ether oxygens (including phenoxy) is 1. The second kappa shape index (κ2) is 4.21. The first-order valence-electron chi connectivity index (χ1n) is 3.43. The minimum atomic E-state index is -0.00856. The monoisotopic (exact) mass is 229 g/mol. The molecule has 4 heteroatoms. The number of nitrogens with zero attached hydrogens (tertiary/aromatic N) is 1. The summed E-state index contributed by atoms with van der Waals surface area (Å²) in [4.78, 5) is 14.5. The number of aromatic nitrogens is 1. The van der Waals surface area contributed by atoms with Gasteiger partial charge in [-0.25, -0.2) is 4.98 Å². The molecular weight excluding hydrogens is 222 g/mol. The number of carbonyl (C=O) groups excluding carboxylic acids is 1. The Bertz CT molecular complexity index is 288. The van der Waals surface area contributed by atoms with Crippen molar-refractivity contribution in [1.82, 2.24) is 4.98 Å². The largest absolute Gasteiger partial charge is 0.483 e. The van der Waals surface area contributed by atoms with E-state index in [1.165, 1.54) is 6.92 Å². The molecule has 0 atom stereocenters. The molecule has 0 saturated carbocycles. The summed E-state index contributed by atoms with van der Waals surface area (Å²) < 4.78 is 5.76. The van der Waals surface area contributed by atoms with Crippen LogP contribution in [0.2, 0.25) is 0 Å². The molecule has 12 heavy (non-hydrogen) atoms. The van der Waals surface area contributed by atoms with Crippen LogP contribution in [0.15, 0.2) is 22.9 Å². The van der Waals surface area contributed by atoms with Crippen molar-refractivity contribution in [1.29, 1.82) is 0 Å². The van der Waals surface area contributed by atoms with Crippen molar-refractivity contribution in [2.75, 3.05) is 6.61 Å². The highest BCUT2D eigenvalue weighted by Crippen LogP contribution is 2.20. The Balaban J connectivity index is 2.63. The number of halogens is 1. The summed E-state index contributed by atoms with van der Waals surface area (Å²) in [5.41, 5.74) is 0. The maximum atomic E-state index is 10.6. The predicted octanol–water partition coefficient (Wildman–Crippen LogP) is 1.81. The summed E-state index contributed by atoms with van der Waals surface area (Å²) in [6.45, 7) is 1.56. The van der Waals surface area contributed by atoms with Gasteiger partial charge in [-0.2, -0.15) is 0 Å². The highest BCUT2D eigenvalue weighted by Gasteiger charge is 2.01. The van der Waals surface area contributed by atoms with Gasteiger partial charge in [0.05, 0.1) is 0 Å². The Morgan fingerprint density at radius 1 is 1.75 bits per heavy atom. The molecule has 0 aromatic carbocycles. The normalized spacial score (nSPS) is 9.50. The molecule has 0 bridgehead atoms. The zero-order chi connectivity index (χ0) is 8.97. The number of carbonyl (C=O) groups is 1. The molecule has 0 unspecified atom stereocenters. The van der Waals surface area contributed by atoms with E-state index in [4.69, 9.17) is 4.74 Å². The first kappa shape index (κ1) is 9.19. The van der Waals surface area contributed by atoms with E-state index in [1.54, 1.807) is 18.3 Å². The smallest absolute Gasteiger partial charge is 0.167 e. The van der Waals surface area contributed by atoms with Gasteiger partial charge in [0.2, 0.25) is 0 Å². The Morgan fingerprint density at radius 2 is 2.50 bits per heavy atom. The second-order valence-corrected chi connectivity index (χ2v) is 3.03. The topological polar surface area (TPSA) is 39.2 Å². The minimum Gasteiger partial charge on any atom is -0.483 e. The highest BCUT2D eigenvalue weighted by molar-refractivity contribution is 9.10. The third-order valence-electron chi connectivity index (χ3n) is 1.16. The SMILES string of the molecule is CC(=O)COc1cccnc1Br. The highest BCUT2D eigenvalue weighted by atomic mass is 79.9. The molecule has 1 aromatic rings. The fourth-order valence-electron chi connectivity index (χ4n) is 0.658. The Kier molecular flexibility index (Phi) is 3.22. The lowest BCUT2D eigenvalue weighted by molar-refractivity contribution is -0.118. The van der Waals surface area contributed by atoms with Gasteiger partial charge in [0.15, 0.2) is 11.5 Å². The number of pyridine rings is 1. The van der Waals surface area contributed by atoms with E-state index in [2.05, 4.69) is 20.9 Å². The molecule has 0 fully saturated rings. The molecule has 1 rings (SSSR count). The van der Waals surface area contributed by atoms with E-state index in [1.807, 2.05) is 0 Å². The first-order valence-corrected chi connectivity index (χ1v) is 4.22. The van der Waals surface area contributed by atoms with Crippen LogP contribution in [-0.4, -0.2) is 17.4 Å². The Labute approximate surface area is 78.9 Å². The summed E-state index contributed by atoms with van der Waals surface area (Å²) >= 11 is 3.20. The fourth-order valence-corrected chi connectivity index (χ4v) is 1.02. The third-order valence-corrected chi connectivity index (χ3v) is 1.75. The van der Waals surface area contributed by atoms with Crippen LogP contribution in [0, 0.1) is 0 Å². The van der Waals surface area contributed by atoms with Crippen LogP contribution in [-0.2, 0) is 4.79 Å². The molecule has 0 radical (unpaired) electrons. The van der Waals surface area contributed by atoms with Crippen LogP contribution < -0.4 is 4.74 Å². The van der Waals surface area contributed by atoms with Gasteiger partial charge in [0, 0.05) is 6.20 Å². The van der Waals surface area contributed by atoms with E-state index in [9.17, 15) is 4.79 Å². The van der Waals surface area contributed by atoms with Crippen molar-refractivity contribution in [3.05, 3.63) is 22.9 Å². The van der Waals surface area contributed by atoms with Gasteiger partial charge < -0.3 is 4.74 Å². The van der Waals surface area contributed by atoms with Gasteiger partial charge in [-0.05, 0) is 35.0 Å².